The van der Waals surface area contributed by atoms with Gasteiger partial charge in [-0.1, -0.05) is 18.2 Å². The highest BCUT2D eigenvalue weighted by molar-refractivity contribution is 7.99. The molecule has 0 fully saturated rings. The van der Waals surface area contributed by atoms with Crippen LogP contribution >= 0.6 is 23.3 Å². The third kappa shape index (κ3) is 4.39. The van der Waals surface area contributed by atoms with E-state index in [4.69, 9.17) is 0 Å². The molecule has 0 atom stereocenters. The highest BCUT2D eigenvalue weighted by atomic mass is 32.2. The minimum absolute atomic E-state index is 0.195. The van der Waals surface area contributed by atoms with Gasteiger partial charge in [-0.25, -0.2) is 0 Å². The van der Waals surface area contributed by atoms with Crippen LogP contribution in [0.3, 0.4) is 0 Å². The topological polar surface area (TPSA) is 37.8 Å². The van der Waals surface area contributed by atoms with Crippen molar-refractivity contribution in [2.24, 2.45) is 0 Å². The maximum atomic E-state index is 12.3. The maximum absolute atomic E-state index is 12.3. The molecule has 1 heterocycles. The van der Waals surface area contributed by atoms with E-state index in [1.54, 1.807) is 11.8 Å². The number of anilines is 1. The maximum Gasteiger partial charge on any atom is 0.452 e. The van der Waals surface area contributed by atoms with Gasteiger partial charge in [-0.05, 0) is 12.1 Å². The van der Waals surface area contributed by atoms with E-state index in [0.717, 1.165) is 22.2 Å². The van der Waals surface area contributed by atoms with Crippen molar-refractivity contribution < 1.29 is 13.2 Å². The standard InChI is InChI=1S/C11H10F3N3S2/c12-11(13,14)9-16-10(19-17-9)15-6-7-18-8-4-2-1-3-5-8/h1-5H,6-7H2,(H,15,16,17). The SMILES string of the molecule is FC(F)(F)c1nsc(NCCSc2ccccc2)n1. The van der Waals surface area contributed by atoms with E-state index in [1.165, 1.54) is 0 Å². The van der Waals surface area contributed by atoms with Crippen molar-refractivity contribution in [3.8, 4) is 0 Å². The highest BCUT2D eigenvalue weighted by Crippen LogP contribution is 2.28. The molecule has 0 bridgehead atoms. The Balaban J connectivity index is 1.76. The molecule has 1 aromatic carbocycles. The van der Waals surface area contributed by atoms with E-state index in [9.17, 15) is 13.2 Å². The number of thioether (sulfide) groups is 1. The lowest BCUT2D eigenvalue weighted by molar-refractivity contribution is -0.144. The number of rotatable bonds is 5. The van der Waals surface area contributed by atoms with Gasteiger partial charge in [0.2, 0.25) is 11.0 Å². The number of benzene rings is 1. The predicted molar refractivity (Wildman–Crippen MR) is 70.6 cm³/mol. The molecule has 102 valence electrons. The summed E-state index contributed by atoms with van der Waals surface area (Å²) in [6.45, 7) is 0.534. The minimum atomic E-state index is -4.48. The van der Waals surface area contributed by atoms with Gasteiger partial charge in [0.1, 0.15) is 0 Å². The fourth-order valence-corrected chi connectivity index (χ4v) is 2.65. The molecule has 0 radical (unpaired) electrons. The van der Waals surface area contributed by atoms with Crippen molar-refractivity contribution in [2.45, 2.75) is 11.1 Å². The molecule has 2 rings (SSSR count). The molecular weight excluding hydrogens is 295 g/mol. The number of hydrogen-bond acceptors (Lipinski definition) is 5. The molecule has 1 aromatic heterocycles. The molecule has 0 unspecified atom stereocenters. The van der Waals surface area contributed by atoms with Gasteiger partial charge >= 0.3 is 6.18 Å². The number of hydrogen-bond donors (Lipinski definition) is 1. The average molecular weight is 305 g/mol. The van der Waals surface area contributed by atoms with Crippen molar-refractivity contribution in [1.29, 1.82) is 0 Å². The van der Waals surface area contributed by atoms with E-state index in [-0.39, 0.29) is 5.13 Å². The summed E-state index contributed by atoms with van der Waals surface area (Å²) in [5.74, 6) is -0.346. The zero-order chi connectivity index (χ0) is 13.7. The van der Waals surface area contributed by atoms with E-state index in [0.29, 0.717) is 6.54 Å². The van der Waals surface area contributed by atoms with Crippen LogP contribution in [0.25, 0.3) is 0 Å². The summed E-state index contributed by atoms with van der Waals surface area (Å²) in [6.07, 6.45) is -4.48. The first-order valence-corrected chi connectivity index (χ1v) is 7.14. The van der Waals surface area contributed by atoms with Crippen LogP contribution in [0.15, 0.2) is 35.2 Å². The fourth-order valence-electron chi connectivity index (χ4n) is 1.25. The van der Waals surface area contributed by atoms with Gasteiger partial charge in [0.15, 0.2) is 0 Å². The smallest absolute Gasteiger partial charge is 0.359 e. The Labute approximate surface area is 116 Å². The Morgan fingerprint density at radius 3 is 2.58 bits per heavy atom. The van der Waals surface area contributed by atoms with Gasteiger partial charge in [0, 0.05) is 28.7 Å². The van der Waals surface area contributed by atoms with E-state index >= 15 is 0 Å². The van der Waals surface area contributed by atoms with Crippen molar-refractivity contribution in [3.05, 3.63) is 36.2 Å². The molecule has 19 heavy (non-hydrogen) atoms. The van der Waals surface area contributed by atoms with Gasteiger partial charge in [-0.15, -0.1) is 11.8 Å². The fraction of sp³-hybridized carbons (Fsp3) is 0.273. The van der Waals surface area contributed by atoms with Crippen molar-refractivity contribution in [1.82, 2.24) is 9.36 Å². The van der Waals surface area contributed by atoms with Gasteiger partial charge in [0.25, 0.3) is 0 Å². The Morgan fingerprint density at radius 2 is 1.95 bits per heavy atom. The van der Waals surface area contributed by atoms with Gasteiger partial charge in [-0.3, -0.25) is 0 Å². The number of nitrogens with one attached hydrogen (secondary N) is 1. The Bertz CT molecular complexity index is 513. The minimum Gasteiger partial charge on any atom is -0.359 e. The summed E-state index contributed by atoms with van der Waals surface area (Å²) < 4.78 is 40.0. The van der Waals surface area contributed by atoms with E-state index in [2.05, 4.69) is 14.7 Å². The van der Waals surface area contributed by atoms with Crippen LogP contribution in [0.1, 0.15) is 5.82 Å². The molecule has 0 aliphatic carbocycles. The zero-order valence-corrected chi connectivity index (χ0v) is 11.3. The second-order valence-electron chi connectivity index (χ2n) is 3.51. The van der Waals surface area contributed by atoms with Gasteiger partial charge < -0.3 is 5.32 Å². The van der Waals surface area contributed by atoms with Crippen LogP contribution in [-0.2, 0) is 6.18 Å². The Morgan fingerprint density at radius 1 is 1.21 bits per heavy atom. The molecule has 1 N–H and O–H groups in total. The molecule has 2 aromatic rings. The van der Waals surface area contributed by atoms with Gasteiger partial charge in [0.05, 0.1) is 0 Å². The lowest BCUT2D eigenvalue weighted by atomic mass is 10.4. The van der Waals surface area contributed by atoms with Crippen LogP contribution in [-0.4, -0.2) is 21.7 Å². The summed E-state index contributed by atoms with van der Waals surface area (Å²) >= 11 is 2.34. The molecular formula is C11H10F3N3S2. The molecule has 0 aliphatic heterocycles. The first kappa shape index (κ1) is 14.1. The molecule has 3 nitrogen and oxygen atoms in total. The summed E-state index contributed by atoms with van der Waals surface area (Å²) in [6, 6.07) is 9.78. The van der Waals surface area contributed by atoms with Crippen LogP contribution in [0.4, 0.5) is 18.3 Å². The summed E-state index contributed by atoms with van der Waals surface area (Å²) in [5.41, 5.74) is 0. The van der Waals surface area contributed by atoms with Gasteiger partial charge in [-0.2, -0.15) is 22.5 Å². The van der Waals surface area contributed by atoms with E-state index < -0.39 is 12.0 Å². The summed E-state index contributed by atoms with van der Waals surface area (Å²) in [7, 11) is 0. The molecule has 0 amide bonds. The number of aromatic nitrogens is 2. The largest absolute Gasteiger partial charge is 0.452 e. The molecule has 0 spiro atoms. The number of nitrogens with zero attached hydrogens (tertiary/aromatic N) is 2. The quantitative estimate of drug-likeness (QED) is 0.674. The van der Waals surface area contributed by atoms with Crippen molar-refractivity contribution in [3.63, 3.8) is 0 Å². The van der Waals surface area contributed by atoms with Crippen LogP contribution < -0.4 is 5.32 Å². The third-order valence-electron chi connectivity index (χ3n) is 2.07. The molecule has 0 aliphatic rings. The molecule has 0 saturated carbocycles. The second kappa shape index (κ2) is 6.25. The van der Waals surface area contributed by atoms with Crippen molar-refractivity contribution in [2.75, 3.05) is 17.6 Å². The Hall–Kier alpha value is -1.28. The first-order valence-electron chi connectivity index (χ1n) is 5.38. The number of alkyl halides is 3. The lowest BCUT2D eigenvalue weighted by Crippen LogP contribution is -2.08. The first-order chi connectivity index (χ1) is 9.05. The zero-order valence-electron chi connectivity index (χ0n) is 9.65. The third-order valence-corrected chi connectivity index (χ3v) is 3.76. The monoisotopic (exact) mass is 305 g/mol. The van der Waals surface area contributed by atoms with Crippen molar-refractivity contribution >= 4 is 28.4 Å². The highest BCUT2D eigenvalue weighted by Gasteiger charge is 2.36. The lowest BCUT2D eigenvalue weighted by Gasteiger charge is -2.02. The second-order valence-corrected chi connectivity index (χ2v) is 5.43. The van der Waals surface area contributed by atoms with Crippen LogP contribution in [0.2, 0.25) is 0 Å². The average Bonchev–Trinajstić information content (AvgIpc) is 2.85. The Kier molecular flexibility index (Phi) is 4.65. The molecule has 8 heteroatoms. The van der Waals surface area contributed by atoms with Crippen LogP contribution in [0.5, 0.6) is 0 Å². The normalized spacial score (nSPS) is 11.5. The van der Waals surface area contributed by atoms with Crippen LogP contribution in [0, 0.1) is 0 Å². The van der Waals surface area contributed by atoms with E-state index in [1.807, 2.05) is 30.3 Å². The predicted octanol–water partition coefficient (Wildman–Crippen LogP) is 3.76. The number of halogens is 3. The summed E-state index contributed by atoms with van der Waals surface area (Å²) in [5, 5.41) is 3.03. The summed E-state index contributed by atoms with van der Waals surface area (Å²) in [4.78, 5) is 4.51. The molecule has 0 saturated heterocycles.